The van der Waals surface area contributed by atoms with Crippen molar-refractivity contribution in [3.63, 3.8) is 0 Å². The predicted molar refractivity (Wildman–Crippen MR) is 101 cm³/mol. The summed E-state index contributed by atoms with van der Waals surface area (Å²) in [7, 11) is 1.75. The molecular formula is C18H13Cl3N2O3. The second kappa shape index (κ2) is 7.99. The minimum atomic E-state index is -0.160. The van der Waals surface area contributed by atoms with E-state index in [0.29, 0.717) is 37.9 Å². The molecule has 3 aromatic rings. The van der Waals surface area contributed by atoms with Crippen LogP contribution in [0.25, 0.3) is 6.08 Å². The summed E-state index contributed by atoms with van der Waals surface area (Å²) in [5, 5.41) is 5.02. The minimum absolute atomic E-state index is 0.130. The van der Waals surface area contributed by atoms with E-state index in [1.54, 1.807) is 48.3 Å². The van der Waals surface area contributed by atoms with Gasteiger partial charge in [0.15, 0.2) is 11.5 Å². The number of aryl methyl sites for hydroxylation is 1. The normalized spacial score (nSPS) is 11.2. The molecule has 0 amide bonds. The molecule has 26 heavy (non-hydrogen) atoms. The first-order valence-electron chi connectivity index (χ1n) is 7.49. The second-order valence-electron chi connectivity index (χ2n) is 5.39. The number of hydrogen-bond acceptors (Lipinski definition) is 4. The van der Waals surface area contributed by atoms with Gasteiger partial charge in [-0.25, -0.2) is 0 Å². The molecule has 134 valence electrons. The van der Waals surface area contributed by atoms with Crippen molar-refractivity contribution in [2.24, 2.45) is 7.05 Å². The molecule has 0 spiro atoms. The molecule has 0 saturated carbocycles. The van der Waals surface area contributed by atoms with Crippen molar-refractivity contribution in [3.8, 4) is 5.75 Å². The van der Waals surface area contributed by atoms with Crippen molar-refractivity contribution < 1.29 is 13.9 Å². The number of hydrogen-bond donors (Lipinski definition) is 0. The van der Waals surface area contributed by atoms with Gasteiger partial charge in [0, 0.05) is 18.3 Å². The maximum Gasteiger partial charge on any atom is 0.189 e. The van der Waals surface area contributed by atoms with Crippen molar-refractivity contribution in [1.82, 2.24) is 9.78 Å². The molecule has 0 aliphatic heterocycles. The summed E-state index contributed by atoms with van der Waals surface area (Å²) in [5.41, 5.74) is 0.505. The van der Waals surface area contributed by atoms with Crippen molar-refractivity contribution in [3.05, 3.63) is 74.9 Å². The lowest BCUT2D eigenvalue weighted by Gasteiger charge is -2.08. The molecule has 0 N–H and O–H groups in total. The largest absolute Gasteiger partial charge is 0.483 e. The van der Waals surface area contributed by atoms with Crippen LogP contribution in [0.3, 0.4) is 0 Å². The third kappa shape index (κ3) is 4.49. The Balaban J connectivity index is 1.63. The Kier molecular flexibility index (Phi) is 5.71. The highest BCUT2D eigenvalue weighted by molar-refractivity contribution is 6.40. The summed E-state index contributed by atoms with van der Waals surface area (Å²) in [4.78, 5) is 12.0. The quantitative estimate of drug-likeness (QED) is 0.400. The summed E-state index contributed by atoms with van der Waals surface area (Å²) in [5.74, 6) is 1.25. The molecule has 0 aliphatic rings. The van der Waals surface area contributed by atoms with Gasteiger partial charge in [0.1, 0.15) is 18.1 Å². The van der Waals surface area contributed by atoms with Gasteiger partial charge in [-0.15, -0.1) is 0 Å². The zero-order valence-electron chi connectivity index (χ0n) is 13.6. The van der Waals surface area contributed by atoms with Crippen LogP contribution in [-0.4, -0.2) is 15.6 Å². The second-order valence-corrected chi connectivity index (χ2v) is 6.64. The van der Waals surface area contributed by atoms with Gasteiger partial charge in [-0.2, -0.15) is 5.10 Å². The standard InChI is InChI=1S/C18H13Cl3N2O3/c1-23-9-11(8-22-23)17(24)5-4-13-2-3-14(26-13)10-25-18-15(20)6-12(19)7-16(18)21/h2-9H,10H2,1H3/b5-4+. The predicted octanol–water partition coefficient (Wildman–Crippen LogP) is 5.45. The van der Waals surface area contributed by atoms with Crippen LogP contribution >= 0.6 is 34.8 Å². The summed E-state index contributed by atoms with van der Waals surface area (Å²) in [6, 6.07) is 6.57. The fraction of sp³-hybridized carbons (Fsp3) is 0.111. The van der Waals surface area contributed by atoms with Crippen molar-refractivity contribution in [2.75, 3.05) is 0 Å². The van der Waals surface area contributed by atoms with Crippen LogP contribution < -0.4 is 4.74 Å². The van der Waals surface area contributed by atoms with E-state index in [0.717, 1.165) is 0 Å². The van der Waals surface area contributed by atoms with E-state index < -0.39 is 0 Å². The number of carbonyl (C=O) groups excluding carboxylic acids is 1. The lowest BCUT2D eigenvalue weighted by Crippen LogP contribution is -1.95. The van der Waals surface area contributed by atoms with Gasteiger partial charge in [-0.1, -0.05) is 34.8 Å². The molecule has 0 radical (unpaired) electrons. The van der Waals surface area contributed by atoms with Gasteiger partial charge < -0.3 is 9.15 Å². The van der Waals surface area contributed by atoms with Crippen LogP contribution in [0.1, 0.15) is 21.9 Å². The maximum absolute atomic E-state index is 12.0. The van der Waals surface area contributed by atoms with Gasteiger partial charge in [0.05, 0.1) is 21.8 Å². The van der Waals surface area contributed by atoms with Crippen molar-refractivity contribution in [1.29, 1.82) is 0 Å². The highest BCUT2D eigenvalue weighted by atomic mass is 35.5. The SMILES string of the molecule is Cn1cc(C(=O)/C=C/c2ccc(COc3c(Cl)cc(Cl)cc3Cl)o2)cn1. The fourth-order valence-electron chi connectivity index (χ4n) is 2.17. The zero-order valence-corrected chi connectivity index (χ0v) is 15.8. The third-order valence-corrected chi connectivity index (χ3v) is 4.17. The number of ketones is 1. The summed E-state index contributed by atoms with van der Waals surface area (Å²) >= 11 is 18.0. The Labute approximate surface area is 164 Å². The van der Waals surface area contributed by atoms with Crippen molar-refractivity contribution >= 4 is 46.7 Å². The van der Waals surface area contributed by atoms with E-state index in [1.807, 2.05) is 0 Å². The van der Waals surface area contributed by atoms with E-state index in [4.69, 9.17) is 44.0 Å². The Hall–Kier alpha value is -2.21. The number of nitrogens with zero attached hydrogens (tertiary/aromatic N) is 2. The molecule has 1 aromatic carbocycles. The number of carbonyl (C=O) groups is 1. The topological polar surface area (TPSA) is 57.3 Å². The van der Waals surface area contributed by atoms with E-state index >= 15 is 0 Å². The van der Waals surface area contributed by atoms with Crippen LogP contribution in [0.4, 0.5) is 0 Å². The average Bonchev–Trinajstić information content (AvgIpc) is 3.20. The molecule has 2 aromatic heterocycles. The summed E-state index contributed by atoms with van der Waals surface area (Å²) in [6.07, 6.45) is 6.16. The van der Waals surface area contributed by atoms with E-state index in [2.05, 4.69) is 5.10 Å². The van der Waals surface area contributed by atoms with Crippen LogP contribution in [-0.2, 0) is 13.7 Å². The monoisotopic (exact) mass is 410 g/mol. The number of benzene rings is 1. The Bertz CT molecular complexity index is 953. The summed E-state index contributed by atoms with van der Waals surface area (Å²) in [6.45, 7) is 0.130. The molecule has 3 rings (SSSR count). The zero-order chi connectivity index (χ0) is 18.7. The Morgan fingerprint density at radius 2 is 2.00 bits per heavy atom. The molecule has 0 saturated heterocycles. The number of halogens is 3. The molecule has 0 fully saturated rings. The lowest BCUT2D eigenvalue weighted by molar-refractivity contribution is 0.104. The van der Waals surface area contributed by atoms with Crippen LogP contribution in [0.15, 0.2) is 47.2 Å². The number of aromatic nitrogens is 2. The fourth-order valence-corrected chi connectivity index (χ4v) is 3.10. The number of furan rings is 1. The summed E-state index contributed by atoms with van der Waals surface area (Å²) < 4.78 is 12.8. The number of allylic oxidation sites excluding steroid dienone is 1. The van der Waals surface area contributed by atoms with Crippen LogP contribution in [0.5, 0.6) is 5.75 Å². The van der Waals surface area contributed by atoms with Gasteiger partial charge >= 0.3 is 0 Å². The van der Waals surface area contributed by atoms with E-state index in [-0.39, 0.29) is 12.4 Å². The molecular weight excluding hydrogens is 399 g/mol. The van der Waals surface area contributed by atoms with Crippen molar-refractivity contribution in [2.45, 2.75) is 6.61 Å². The highest BCUT2D eigenvalue weighted by Crippen LogP contribution is 2.36. The Morgan fingerprint density at radius 1 is 1.27 bits per heavy atom. The molecule has 0 unspecified atom stereocenters. The number of ether oxygens (including phenoxy) is 1. The van der Waals surface area contributed by atoms with Crippen LogP contribution in [0.2, 0.25) is 15.1 Å². The van der Waals surface area contributed by atoms with Gasteiger partial charge in [0.25, 0.3) is 0 Å². The Morgan fingerprint density at radius 3 is 2.65 bits per heavy atom. The minimum Gasteiger partial charge on any atom is -0.483 e. The van der Waals surface area contributed by atoms with E-state index in [1.165, 1.54) is 12.3 Å². The van der Waals surface area contributed by atoms with Gasteiger partial charge in [-0.3, -0.25) is 9.48 Å². The lowest BCUT2D eigenvalue weighted by atomic mass is 10.2. The maximum atomic E-state index is 12.0. The van der Waals surface area contributed by atoms with Crippen LogP contribution in [0, 0.1) is 0 Å². The van der Waals surface area contributed by atoms with Gasteiger partial charge in [-0.05, 0) is 36.4 Å². The first-order valence-corrected chi connectivity index (χ1v) is 8.63. The van der Waals surface area contributed by atoms with Gasteiger partial charge in [0.2, 0.25) is 0 Å². The molecule has 8 heteroatoms. The smallest absolute Gasteiger partial charge is 0.189 e. The molecule has 2 heterocycles. The molecule has 0 bridgehead atoms. The van der Waals surface area contributed by atoms with E-state index in [9.17, 15) is 4.79 Å². The molecule has 0 atom stereocenters. The third-order valence-electron chi connectivity index (χ3n) is 3.39. The molecule has 0 aliphatic carbocycles. The average molecular weight is 412 g/mol. The molecule has 5 nitrogen and oxygen atoms in total. The first-order chi connectivity index (χ1) is 12.4. The highest BCUT2D eigenvalue weighted by Gasteiger charge is 2.11. The number of rotatable bonds is 6. The first kappa shape index (κ1) is 18.6.